The number of ether oxygens (including phenoxy) is 3. The van der Waals surface area contributed by atoms with Crippen molar-refractivity contribution in [3.63, 3.8) is 0 Å². The molecule has 0 aliphatic heterocycles. The maximum absolute atomic E-state index is 12.7. The number of rotatable bonds is 41. The predicted octanol–water partition coefficient (Wildman–Crippen LogP) is 14.9. The van der Waals surface area contributed by atoms with Gasteiger partial charge in [-0.05, 0) is 83.5 Å². The molecule has 0 bridgehead atoms. The number of esters is 3. The summed E-state index contributed by atoms with van der Waals surface area (Å²) in [6.07, 6.45) is 53.6. The summed E-state index contributed by atoms with van der Waals surface area (Å²) >= 11 is 0. The highest BCUT2D eigenvalue weighted by Crippen LogP contribution is 2.12. The molecule has 0 rings (SSSR count). The van der Waals surface area contributed by atoms with Crippen molar-refractivity contribution in [2.45, 2.75) is 226 Å². The van der Waals surface area contributed by atoms with Crippen molar-refractivity contribution in [1.82, 2.24) is 0 Å². The first kappa shape index (κ1) is 53.1. The summed E-state index contributed by atoms with van der Waals surface area (Å²) < 4.78 is 16.6. The Hall–Kier alpha value is -2.89. The number of unbranched alkanes of at least 4 members (excludes halogenated alkanes) is 21. The maximum atomic E-state index is 12.7. The molecular weight excluding hydrogens is 697 g/mol. The quantitative estimate of drug-likeness (QED) is 0.0202. The van der Waals surface area contributed by atoms with Gasteiger partial charge >= 0.3 is 17.9 Å². The van der Waals surface area contributed by atoms with E-state index in [1.165, 1.54) is 96.3 Å². The van der Waals surface area contributed by atoms with Crippen LogP contribution in [-0.2, 0) is 28.6 Å². The molecule has 0 amide bonds. The van der Waals surface area contributed by atoms with Crippen LogP contribution in [0.5, 0.6) is 0 Å². The molecule has 6 nitrogen and oxygen atoms in total. The zero-order valence-corrected chi connectivity index (χ0v) is 36.6. The van der Waals surface area contributed by atoms with Crippen molar-refractivity contribution < 1.29 is 28.6 Å². The molecule has 56 heavy (non-hydrogen) atoms. The van der Waals surface area contributed by atoms with Gasteiger partial charge in [0, 0.05) is 19.3 Å². The van der Waals surface area contributed by atoms with Crippen LogP contribution in [0.15, 0.2) is 60.8 Å². The lowest BCUT2D eigenvalue weighted by molar-refractivity contribution is -0.166. The Bertz CT molecular complexity index is 1040. The maximum Gasteiger partial charge on any atom is 0.306 e. The van der Waals surface area contributed by atoms with Crippen LogP contribution in [0, 0.1) is 0 Å². The summed E-state index contributed by atoms with van der Waals surface area (Å²) in [5.41, 5.74) is 0. The normalized spacial score (nSPS) is 12.6. The molecule has 0 aromatic heterocycles. The Balaban J connectivity index is 4.50. The zero-order valence-electron chi connectivity index (χ0n) is 36.6. The standard InChI is InChI=1S/C50H86O6/c1-4-7-10-13-16-19-22-24-26-28-31-34-37-40-43-49(52)55-46-47(45-54-48(51)42-39-36-33-30-27-21-18-15-12-9-6-3)56-50(53)44-41-38-35-32-29-25-23-20-17-14-11-8-5-2/h15,18,21,25-29,35,38,47H,4-14,16-17,19-20,22-24,30-34,36-37,39-46H2,1-3H3/b18-15-,27-21-,28-26-,29-25-,38-35-. The summed E-state index contributed by atoms with van der Waals surface area (Å²) in [7, 11) is 0. The van der Waals surface area contributed by atoms with Gasteiger partial charge in [0.05, 0.1) is 0 Å². The molecule has 0 fully saturated rings. The van der Waals surface area contributed by atoms with Crippen LogP contribution in [0.25, 0.3) is 0 Å². The summed E-state index contributed by atoms with van der Waals surface area (Å²) in [6, 6.07) is 0. The van der Waals surface area contributed by atoms with Gasteiger partial charge in [0.25, 0.3) is 0 Å². The molecule has 1 unspecified atom stereocenters. The summed E-state index contributed by atoms with van der Waals surface area (Å²) in [5.74, 6) is -1.03. The highest BCUT2D eigenvalue weighted by atomic mass is 16.6. The fourth-order valence-electron chi connectivity index (χ4n) is 6.17. The van der Waals surface area contributed by atoms with Crippen LogP contribution >= 0.6 is 0 Å². The van der Waals surface area contributed by atoms with Crippen molar-refractivity contribution in [2.75, 3.05) is 13.2 Å². The van der Waals surface area contributed by atoms with Gasteiger partial charge in [0.1, 0.15) is 13.2 Å². The molecule has 0 spiro atoms. The van der Waals surface area contributed by atoms with Crippen LogP contribution < -0.4 is 0 Å². The summed E-state index contributed by atoms with van der Waals surface area (Å²) in [4.78, 5) is 37.7. The lowest BCUT2D eigenvalue weighted by Gasteiger charge is -2.18. The lowest BCUT2D eigenvalue weighted by Crippen LogP contribution is -2.30. The minimum atomic E-state index is -0.818. The largest absolute Gasteiger partial charge is 0.462 e. The van der Waals surface area contributed by atoms with Crippen molar-refractivity contribution >= 4 is 17.9 Å². The molecule has 0 radical (unpaired) electrons. The SMILES string of the molecule is CCCC/C=C\C=C/CCCCCC(=O)OCC(COC(=O)CCCCC/C=C\CCCCCCCCC)OC(=O)CC/C=C\C/C=C\CCCCCCCC. The van der Waals surface area contributed by atoms with E-state index in [4.69, 9.17) is 14.2 Å². The van der Waals surface area contributed by atoms with E-state index in [1.807, 2.05) is 6.08 Å². The van der Waals surface area contributed by atoms with E-state index in [0.29, 0.717) is 19.3 Å². The van der Waals surface area contributed by atoms with Gasteiger partial charge in [-0.3, -0.25) is 14.4 Å². The first-order valence-electron chi connectivity index (χ1n) is 23.3. The van der Waals surface area contributed by atoms with Gasteiger partial charge in [-0.15, -0.1) is 0 Å². The van der Waals surface area contributed by atoms with Crippen LogP contribution in [0.4, 0.5) is 0 Å². The predicted molar refractivity (Wildman–Crippen MR) is 238 cm³/mol. The third-order valence-electron chi connectivity index (χ3n) is 9.76. The lowest BCUT2D eigenvalue weighted by atomic mass is 10.1. The van der Waals surface area contributed by atoms with Crippen LogP contribution in [0.3, 0.4) is 0 Å². The van der Waals surface area contributed by atoms with Gasteiger partial charge in [-0.2, -0.15) is 0 Å². The minimum absolute atomic E-state index is 0.113. The van der Waals surface area contributed by atoms with Gasteiger partial charge < -0.3 is 14.2 Å². The Kier molecular flexibility index (Phi) is 42.5. The third-order valence-corrected chi connectivity index (χ3v) is 9.76. The highest BCUT2D eigenvalue weighted by molar-refractivity contribution is 5.71. The van der Waals surface area contributed by atoms with E-state index in [0.717, 1.165) is 77.0 Å². The van der Waals surface area contributed by atoms with Crippen molar-refractivity contribution in [3.8, 4) is 0 Å². The van der Waals surface area contributed by atoms with Crippen LogP contribution in [0.1, 0.15) is 220 Å². The summed E-state index contributed by atoms with van der Waals surface area (Å²) in [5, 5.41) is 0. The van der Waals surface area contributed by atoms with E-state index in [-0.39, 0.29) is 31.6 Å². The molecule has 6 heteroatoms. The first-order valence-corrected chi connectivity index (χ1v) is 23.3. The molecule has 0 heterocycles. The molecule has 322 valence electrons. The molecule has 0 saturated carbocycles. The van der Waals surface area contributed by atoms with E-state index >= 15 is 0 Å². The number of allylic oxidation sites excluding steroid dienone is 10. The average molecular weight is 783 g/mol. The van der Waals surface area contributed by atoms with Crippen LogP contribution in [0.2, 0.25) is 0 Å². The Morgan fingerprint density at radius 3 is 1.23 bits per heavy atom. The Labute approximate surface area is 345 Å². The number of hydrogen-bond acceptors (Lipinski definition) is 6. The fourth-order valence-corrected chi connectivity index (χ4v) is 6.17. The van der Waals surface area contributed by atoms with E-state index in [1.54, 1.807) is 0 Å². The fraction of sp³-hybridized carbons (Fsp3) is 0.740. The first-order chi connectivity index (χ1) is 27.5. The zero-order chi connectivity index (χ0) is 40.8. The van der Waals surface area contributed by atoms with Crippen molar-refractivity contribution in [2.24, 2.45) is 0 Å². The van der Waals surface area contributed by atoms with Crippen LogP contribution in [-0.4, -0.2) is 37.2 Å². The molecule has 0 aliphatic rings. The number of carbonyl (C=O) groups is 3. The van der Waals surface area contributed by atoms with Gasteiger partial charge in [-0.1, -0.05) is 178 Å². The van der Waals surface area contributed by atoms with E-state index in [2.05, 4.69) is 75.5 Å². The molecule has 0 aliphatic carbocycles. The second-order valence-corrected chi connectivity index (χ2v) is 15.3. The summed E-state index contributed by atoms with van der Waals surface area (Å²) in [6.45, 7) is 6.47. The smallest absolute Gasteiger partial charge is 0.306 e. The Morgan fingerprint density at radius 1 is 0.375 bits per heavy atom. The second-order valence-electron chi connectivity index (χ2n) is 15.3. The van der Waals surface area contributed by atoms with E-state index < -0.39 is 12.1 Å². The molecule has 0 aromatic rings. The third kappa shape index (κ3) is 42.3. The minimum Gasteiger partial charge on any atom is -0.462 e. The molecule has 0 aromatic carbocycles. The molecule has 0 N–H and O–H groups in total. The van der Waals surface area contributed by atoms with E-state index in [9.17, 15) is 14.4 Å². The second kappa shape index (κ2) is 44.8. The highest BCUT2D eigenvalue weighted by Gasteiger charge is 2.19. The van der Waals surface area contributed by atoms with Gasteiger partial charge in [0.15, 0.2) is 6.10 Å². The monoisotopic (exact) mass is 783 g/mol. The molecular formula is C50H86O6. The van der Waals surface area contributed by atoms with Gasteiger partial charge in [-0.25, -0.2) is 0 Å². The number of hydrogen-bond donors (Lipinski definition) is 0. The van der Waals surface area contributed by atoms with Crippen molar-refractivity contribution in [3.05, 3.63) is 60.8 Å². The van der Waals surface area contributed by atoms with Gasteiger partial charge in [0.2, 0.25) is 0 Å². The molecule has 0 saturated heterocycles. The molecule has 1 atom stereocenters. The number of carbonyl (C=O) groups excluding carboxylic acids is 3. The Morgan fingerprint density at radius 2 is 0.750 bits per heavy atom. The van der Waals surface area contributed by atoms with Crippen molar-refractivity contribution in [1.29, 1.82) is 0 Å². The average Bonchev–Trinajstić information content (AvgIpc) is 3.19. The topological polar surface area (TPSA) is 78.9 Å².